The third-order valence-corrected chi connectivity index (χ3v) is 5.51. The lowest BCUT2D eigenvalue weighted by Gasteiger charge is -2.25. The fourth-order valence-corrected chi connectivity index (χ4v) is 3.65. The molecule has 0 radical (unpaired) electrons. The van der Waals surface area contributed by atoms with Crippen LogP contribution in [0.3, 0.4) is 0 Å². The van der Waals surface area contributed by atoms with Crippen molar-refractivity contribution in [2.24, 2.45) is 0 Å². The van der Waals surface area contributed by atoms with Gasteiger partial charge < -0.3 is 0 Å². The van der Waals surface area contributed by atoms with E-state index in [1.165, 1.54) is 67.1 Å². The van der Waals surface area contributed by atoms with E-state index >= 15 is 0 Å². The largest absolute Gasteiger partial charge is 0.294 e. The number of thioether (sulfide) groups is 1. The first kappa shape index (κ1) is 21.4. The van der Waals surface area contributed by atoms with E-state index in [0.717, 1.165) is 5.88 Å². The lowest BCUT2D eigenvalue weighted by atomic mass is 10.1. The second-order valence-corrected chi connectivity index (χ2v) is 7.70. The number of hydrogen-bond acceptors (Lipinski definition) is 5. The van der Waals surface area contributed by atoms with Crippen molar-refractivity contribution in [3.63, 3.8) is 0 Å². The lowest BCUT2D eigenvalue weighted by Crippen LogP contribution is -2.29. The summed E-state index contributed by atoms with van der Waals surface area (Å²) in [6, 6.07) is 13.9. The number of carbonyl (C=O) groups is 1. The summed E-state index contributed by atoms with van der Waals surface area (Å²) in [6.45, 7) is 4.72. The molecule has 0 aromatic heterocycles. The van der Waals surface area contributed by atoms with Crippen LogP contribution in [-0.2, 0) is 0 Å². The van der Waals surface area contributed by atoms with E-state index in [9.17, 15) is 14.9 Å². The van der Waals surface area contributed by atoms with Crippen LogP contribution in [0.4, 0.5) is 5.69 Å². The molecule has 0 aliphatic carbocycles. The molecule has 0 bridgehead atoms. The van der Waals surface area contributed by atoms with Gasteiger partial charge >= 0.3 is 0 Å². The van der Waals surface area contributed by atoms with E-state index in [1.54, 1.807) is 0 Å². The third kappa shape index (κ3) is 7.71. The van der Waals surface area contributed by atoms with E-state index in [1.807, 2.05) is 11.8 Å². The molecule has 1 aliphatic rings. The number of hydrogen-bond donors (Lipinski definition) is 0. The number of carbonyl (C=O) groups excluding carboxylic acids is 1. The normalized spacial score (nSPS) is 14.1. The summed E-state index contributed by atoms with van der Waals surface area (Å²) < 4.78 is 0. The SMILES string of the molecule is Cc1ccc(SCN2CCCCC2)cc1.O=C(Cl)c1ccc([N+](=O)[O-])cc1. The first-order valence-corrected chi connectivity index (χ1v) is 10.2. The van der Waals surface area contributed by atoms with Crippen LogP contribution in [0.25, 0.3) is 0 Å². The Morgan fingerprint density at radius 2 is 1.67 bits per heavy atom. The molecule has 1 heterocycles. The standard InChI is InChI=1S/C13H19NS.C7H4ClNO3/c1-12-5-7-13(8-6-12)15-11-14-9-3-2-4-10-14;8-7(10)5-1-3-6(4-2-5)9(11)12/h5-8H,2-4,9-11H2,1H3;1-4H. The van der Waals surface area contributed by atoms with E-state index in [-0.39, 0.29) is 11.3 Å². The fraction of sp³-hybridized carbons (Fsp3) is 0.350. The first-order chi connectivity index (χ1) is 13.0. The minimum absolute atomic E-state index is 0.0586. The van der Waals surface area contributed by atoms with Crippen LogP contribution in [0.5, 0.6) is 0 Å². The Morgan fingerprint density at radius 3 is 2.19 bits per heavy atom. The predicted molar refractivity (Wildman–Crippen MR) is 111 cm³/mol. The van der Waals surface area contributed by atoms with Crippen molar-refractivity contribution >= 4 is 34.3 Å². The van der Waals surface area contributed by atoms with Crippen LogP contribution >= 0.6 is 23.4 Å². The van der Waals surface area contributed by atoms with Gasteiger partial charge in [-0.1, -0.05) is 24.1 Å². The second-order valence-electron chi connectivity index (χ2n) is 6.34. The highest BCUT2D eigenvalue weighted by molar-refractivity contribution is 7.99. The maximum atomic E-state index is 10.5. The smallest absolute Gasteiger partial charge is 0.269 e. The van der Waals surface area contributed by atoms with Crippen molar-refractivity contribution in [3.8, 4) is 0 Å². The summed E-state index contributed by atoms with van der Waals surface area (Å²) >= 11 is 7.09. The Labute approximate surface area is 168 Å². The Bertz CT molecular complexity index is 712. The van der Waals surface area contributed by atoms with Crippen molar-refractivity contribution in [2.75, 3.05) is 19.0 Å². The first-order valence-electron chi connectivity index (χ1n) is 8.82. The number of nitro benzene ring substituents is 1. The number of halogens is 1. The molecule has 2 aromatic carbocycles. The molecule has 0 spiro atoms. The molecular weight excluding hydrogens is 384 g/mol. The van der Waals surface area contributed by atoms with Gasteiger partial charge in [0.25, 0.3) is 10.9 Å². The molecule has 5 nitrogen and oxygen atoms in total. The number of likely N-dealkylation sites (tertiary alicyclic amines) is 1. The van der Waals surface area contributed by atoms with E-state index < -0.39 is 10.2 Å². The van der Waals surface area contributed by atoms with Crippen LogP contribution in [0.1, 0.15) is 35.2 Å². The van der Waals surface area contributed by atoms with Gasteiger partial charge in [0, 0.05) is 28.5 Å². The molecule has 7 heteroatoms. The van der Waals surface area contributed by atoms with E-state index in [2.05, 4.69) is 36.1 Å². The van der Waals surface area contributed by atoms with Gasteiger partial charge in [-0.2, -0.15) is 0 Å². The monoisotopic (exact) mass is 406 g/mol. The van der Waals surface area contributed by atoms with Gasteiger partial charge in [0.05, 0.1) is 4.92 Å². The summed E-state index contributed by atoms with van der Waals surface area (Å²) in [7, 11) is 0. The topological polar surface area (TPSA) is 63.5 Å². The summed E-state index contributed by atoms with van der Waals surface area (Å²) in [4.78, 5) is 24.1. The van der Waals surface area contributed by atoms with Gasteiger partial charge in [-0.3, -0.25) is 19.8 Å². The third-order valence-electron chi connectivity index (χ3n) is 4.19. The molecule has 27 heavy (non-hydrogen) atoms. The summed E-state index contributed by atoms with van der Waals surface area (Å²) in [5.74, 6) is 1.16. The Morgan fingerprint density at radius 1 is 1.07 bits per heavy atom. The Hall–Kier alpha value is -1.89. The lowest BCUT2D eigenvalue weighted by molar-refractivity contribution is -0.384. The number of non-ortho nitro benzene ring substituents is 1. The minimum atomic E-state index is -0.620. The second kappa shape index (κ2) is 11.1. The van der Waals surface area contributed by atoms with Crippen molar-refractivity contribution < 1.29 is 9.72 Å². The summed E-state index contributed by atoms with van der Waals surface area (Å²) in [5.41, 5.74) is 1.54. The maximum absolute atomic E-state index is 10.5. The molecule has 1 fully saturated rings. The Kier molecular flexibility index (Phi) is 8.78. The molecule has 0 N–H and O–H groups in total. The number of nitro groups is 1. The molecule has 0 amide bonds. The van der Waals surface area contributed by atoms with E-state index in [4.69, 9.17) is 11.6 Å². The quantitative estimate of drug-likeness (QED) is 0.284. The van der Waals surface area contributed by atoms with Crippen LogP contribution in [0.2, 0.25) is 0 Å². The van der Waals surface area contributed by atoms with Crippen molar-refractivity contribution in [2.45, 2.75) is 31.1 Å². The summed E-state index contributed by atoms with van der Waals surface area (Å²) in [6.07, 6.45) is 4.19. The maximum Gasteiger partial charge on any atom is 0.269 e. The zero-order valence-electron chi connectivity index (χ0n) is 15.3. The summed E-state index contributed by atoms with van der Waals surface area (Å²) in [5, 5.41) is 9.55. The number of piperidine rings is 1. The molecule has 1 saturated heterocycles. The van der Waals surface area contributed by atoms with Gasteiger partial charge in [-0.15, -0.1) is 11.8 Å². The number of rotatable bonds is 5. The molecule has 2 aromatic rings. The highest BCUT2D eigenvalue weighted by atomic mass is 35.5. The number of nitrogens with zero attached hydrogens (tertiary/aromatic N) is 2. The zero-order chi connectivity index (χ0) is 19.6. The van der Waals surface area contributed by atoms with Crippen LogP contribution in [0, 0.1) is 17.0 Å². The van der Waals surface area contributed by atoms with Gasteiger partial charge in [0.2, 0.25) is 0 Å². The minimum Gasteiger partial charge on any atom is -0.294 e. The van der Waals surface area contributed by atoms with Gasteiger partial charge in [-0.05, 0) is 68.7 Å². The van der Waals surface area contributed by atoms with Crippen molar-refractivity contribution in [3.05, 3.63) is 69.8 Å². The molecular formula is C20H23ClN2O3S. The molecule has 0 atom stereocenters. The van der Waals surface area contributed by atoms with Crippen molar-refractivity contribution in [1.29, 1.82) is 0 Å². The highest BCUT2D eigenvalue weighted by Crippen LogP contribution is 2.21. The molecule has 1 aliphatic heterocycles. The number of benzene rings is 2. The Balaban J connectivity index is 0.000000199. The van der Waals surface area contributed by atoms with Crippen molar-refractivity contribution in [1.82, 2.24) is 4.90 Å². The van der Waals surface area contributed by atoms with Crippen LogP contribution < -0.4 is 0 Å². The average Bonchev–Trinajstić information content (AvgIpc) is 2.69. The van der Waals surface area contributed by atoms with Gasteiger partial charge in [0.1, 0.15) is 0 Å². The van der Waals surface area contributed by atoms with Crippen LogP contribution in [-0.4, -0.2) is 34.0 Å². The molecule has 0 saturated carbocycles. The molecule has 0 unspecified atom stereocenters. The van der Waals surface area contributed by atoms with Gasteiger partial charge in [0.15, 0.2) is 0 Å². The van der Waals surface area contributed by atoms with Crippen LogP contribution in [0.15, 0.2) is 53.4 Å². The number of aryl methyl sites for hydroxylation is 1. The molecule has 3 rings (SSSR count). The highest BCUT2D eigenvalue weighted by Gasteiger charge is 2.09. The van der Waals surface area contributed by atoms with Gasteiger partial charge in [-0.25, -0.2) is 0 Å². The fourth-order valence-electron chi connectivity index (χ4n) is 2.60. The predicted octanol–water partition coefficient (Wildman–Crippen LogP) is 5.50. The zero-order valence-corrected chi connectivity index (χ0v) is 16.8. The molecule has 144 valence electrons. The average molecular weight is 407 g/mol. The van der Waals surface area contributed by atoms with E-state index in [0.29, 0.717) is 0 Å².